The normalized spacial score (nSPS) is 14.7. The van der Waals surface area contributed by atoms with Crippen LogP contribution in [0.25, 0.3) is 0 Å². The first-order chi connectivity index (χ1) is 15.1. The van der Waals surface area contributed by atoms with E-state index in [1.807, 2.05) is 18.4 Å². The van der Waals surface area contributed by atoms with Crippen LogP contribution < -0.4 is 15.5 Å². The van der Waals surface area contributed by atoms with Crippen molar-refractivity contribution in [2.24, 2.45) is 0 Å². The summed E-state index contributed by atoms with van der Waals surface area (Å²) >= 11 is 7.74. The van der Waals surface area contributed by atoms with E-state index in [0.717, 1.165) is 30.2 Å². The number of ether oxygens (including phenoxy) is 1. The summed E-state index contributed by atoms with van der Waals surface area (Å²) in [4.78, 5) is 32.1. The van der Waals surface area contributed by atoms with Gasteiger partial charge in [0.05, 0.1) is 23.8 Å². The number of thioether (sulfide) groups is 1. The molecule has 1 aliphatic rings. The van der Waals surface area contributed by atoms with Crippen LogP contribution in [0.4, 0.5) is 5.82 Å². The zero-order chi connectivity index (χ0) is 22.1. The van der Waals surface area contributed by atoms with Crippen LogP contribution in [-0.2, 0) is 16.1 Å². The summed E-state index contributed by atoms with van der Waals surface area (Å²) in [5.74, 6) is 1.06. The summed E-state index contributed by atoms with van der Waals surface area (Å²) in [5.41, 5.74) is 1.25. The number of carbonyl (C=O) groups excluding carboxylic acids is 2. The molecule has 1 saturated heterocycles. The smallest absolute Gasteiger partial charge is 0.253 e. The third-order valence-electron chi connectivity index (χ3n) is 4.96. The quantitative estimate of drug-likeness (QED) is 0.596. The maximum atomic E-state index is 12.8. The van der Waals surface area contributed by atoms with E-state index in [-0.39, 0.29) is 11.8 Å². The summed E-state index contributed by atoms with van der Waals surface area (Å²) in [6.07, 6.45) is 4.26. The molecule has 3 rings (SSSR count). The minimum absolute atomic E-state index is 0.230. The zero-order valence-electron chi connectivity index (χ0n) is 17.5. The van der Waals surface area contributed by atoms with Crippen LogP contribution in [0.5, 0.6) is 0 Å². The molecule has 2 heterocycles. The lowest BCUT2D eigenvalue weighted by Crippen LogP contribution is -2.47. The number of anilines is 1. The summed E-state index contributed by atoms with van der Waals surface area (Å²) < 4.78 is 5.37. The second-order valence-corrected chi connectivity index (χ2v) is 8.52. The fourth-order valence-corrected chi connectivity index (χ4v) is 3.89. The van der Waals surface area contributed by atoms with Crippen molar-refractivity contribution in [1.29, 1.82) is 0 Å². The monoisotopic (exact) mass is 462 g/mol. The predicted molar refractivity (Wildman–Crippen MR) is 125 cm³/mol. The number of nitrogens with zero attached hydrogens (tertiary/aromatic N) is 2. The van der Waals surface area contributed by atoms with Crippen LogP contribution >= 0.6 is 23.4 Å². The highest BCUT2D eigenvalue weighted by Crippen LogP contribution is 2.16. The van der Waals surface area contributed by atoms with Gasteiger partial charge >= 0.3 is 0 Å². The zero-order valence-corrected chi connectivity index (χ0v) is 19.0. The number of nitrogens with one attached hydrogen (secondary N) is 2. The summed E-state index contributed by atoms with van der Waals surface area (Å²) in [7, 11) is 0. The number of amides is 2. The molecule has 1 fully saturated rings. The molecule has 1 aromatic heterocycles. The van der Waals surface area contributed by atoms with Crippen LogP contribution in [-0.4, -0.2) is 61.2 Å². The van der Waals surface area contributed by atoms with Gasteiger partial charge in [-0.05, 0) is 42.2 Å². The number of benzene rings is 1. The van der Waals surface area contributed by atoms with Crippen molar-refractivity contribution in [3.8, 4) is 0 Å². The Hall–Kier alpha value is -2.29. The predicted octanol–water partition coefficient (Wildman–Crippen LogP) is 2.74. The molecule has 9 heteroatoms. The van der Waals surface area contributed by atoms with Crippen molar-refractivity contribution in [2.75, 3.05) is 43.2 Å². The maximum Gasteiger partial charge on any atom is 0.253 e. The lowest BCUT2D eigenvalue weighted by molar-refractivity contribution is -0.123. The SMILES string of the molecule is CSCCC(NC(=O)c1ccccc1Cl)C(=O)NCc1ccc(N2CCOCC2)nc1. The van der Waals surface area contributed by atoms with Gasteiger partial charge in [0.2, 0.25) is 5.91 Å². The number of rotatable bonds is 9. The average molecular weight is 463 g/mol. The molecule has 1 aromatic carbocycles. The highest BCUT2D eigenvalue weighted by atomic mass is 35.5. The largest absolute Gasteiger partial charge is 0.378 e. The third kappa shape index (κ3) is 6.85. The minimum atomic E-state index is -0.642. The van der Waals surface area contributed by atoms with E-state index in [9.17, 15) is 9.59 Å². The molecular formula is C22H27ClN4O3S. The minimum Gasteiger partial charge on any atom is -0.378 e. The van der Waals surface area contributed by atoms with Crippen LogP contribution in [0.2, 0.25) is 5.02 Å². The van der Waals surface area contributed by atoms with E-state index in [1.165, 1.54) is 0 Å². The van der Waals surface area contributed by atoms with E-state index in [2.05, 4.69) is 20.5 Å². The molecule has 2 amide bonds. The van der Waals surface area contributed by atoms with Gasteiger partial charge < -0.3 is 20.3 Å². The summed E-state index contributed by atoms with van der Waals surface area (Å²) in [5, 5.41) is 6.08. The van der Waals surface area contributed by atoms with Crippen molar-refractivity contribution in [3.63, 3.8) is 0 Å². The fraction of sp³-hybridized carbons (Fsp3) is 0.409. The molecule has 0 saturated carbocycles. The Morgan fingerprint density at radius 1 is 1.23 bits per heavy atom. The van der Waals surface area contributed by atoms with Crippen molar-refractivity contribution in [2.45, 2.75) is 19.0 Å². The number of carbonyl (C=O) groups is 2. The van der Waals surface area contributed by atoms with Gasteiger partial charge in [-0.3, -0.25) is 9.59 Å². The van der Waals surface area contributed by atoms with Crippen LogP contribution in [0, 0.1) is 0 Å². The molecule has 1 unspecified atom stereocenters. The summed E-state index contributed by atoms with van der Waals surface area (Å²) in [6.45, 7) is 3.40. The fourth-order valence-electron chi connectivity index (χ4n) is 3.20. The Bertz CT molecular complexity index is 875. The van der Waals surface area contributed by atoms with E-state index in [4.69, 9.17) is 16.3 Å². The lowest BCUT2D eigenvalue weighted by Gasteiger charge is -2.27. The van der Waals surface area contributed by atoms with Gasteiger partial charge in [0, 0.05) is 25.8 Å². The van der Waals surface area contributed by atoms with Gasteiger partial charge in [-0.25, -0.2) is 4.98 Å². The molecule has 0 bridgehead atoms. The molecule has 0 aliphatic carbocycles. The molecule has 166 valence electrons. The number of morpholine rings is 1. The second-order valence-electron chi connectivity index (χ2n) is 7.13. The van der Waals surface area contributed by atoms with Gasteiger partial charge in [0.1, 0.15) is 11.9 Å². The topological polar surface area (TPSA) is 83.6 Å². The van der Waals surface area contributed by atoms with Crippen LogP contribution in [0.1, 0.15) is 22.3 Å². The number of hydrogen-bond acceptors (Lipinski definition) is 6. The molecule has 0 radical (unpaired) electrons. The van der Waals surface area contributed by atoms with E-state index < -0.39 is 6.04 Å². The van der Waals surface area contributed by atoms with Gasteiger partial charge in [-0.15, -0.1) is 0 Å². The van der Waals surface area contributed by atoms with Gasteiger partial charge in [0.25, 0.3) is 5.91 Å². The highest BCUT2D eigenvalue weighted by molar-refractivity contribution is 7.98. The van der Waals surface area contributed by atoms with E-state index >= 15 is 0 Å². The Kier molecular flexibility index (Phi) is 8.99. The molecular weight excluding hydrogens is 436 g/mol. The molecule has 7 nitrogen and oxygen atoms in total. The van der Waals surface area contributed by atoms with Crippen molar-refractivity contribution >= 4 is 41.0 Å². The van der Waals surface area contributed by atoms with E-state index in [0.29, 0.717) is 36.8 Å². The number of halogens is 1. The Morgan fingerprint density at radius 2 is 2.00 bits per heavy atom. The van der Waals surface area contributed by atoms with Crippen LogP contribution in [0.3, 0.4) is 0 Å². The van der Waals surface area contributed by atoms with Crippen molar-refractivity contribution in [1.82, 2.24) is 15.6 Å². The van der Waals surface area contributed by atoms with Crippen LogP contribution in [0.15, 0.2) is 42.6 Å². The highest BCUT2D eigenvalue weighted by Gasteiger charge is 2.22. The summed E-state index contributed by atoms with van der Waals surface area (Å²) in [6, 6.07) is 10.1. The average Bonchev–Trinajstić information content (AvgIpc) is 2.81. The molecule has 2 N–H and O–H groups in total. The van der Waals surface area contributed by atoms with E-state index in [1.54, 1.807) is 42.2 Å². The maximum absolute atomic E-state index is 12.8. The third-order valence-corrected chi connectivity index (χ3v) is 5.94. The van der Waals surface area contributed by atoms with Gasteiger partial charge in [0.15, 0.2) is 0 Å². The van der Waals surface area contributed by atoms with Gasteiger partial charge in [-0.1, -0.05) is 29.8 Å². The second kappa shape index (κ2) is 11.9. The molecule has 1 aliphatic heterocycles. The number of aromatic nitrogens is 1. The van der Waals surface area contributed by atoms with Crippen molar-refractivity contribution in [3.05, 3.63) is 58.7 Å². The molecule has 31 heavy (non-hydrogen) atoms. The molecule has 0 spiro atoms. The molecule has 1 atom stereocenters. The Labute approximate surface area is 191 Å². The lowest BCUT2D eigenvalue weighted by atomic mass is 10.1. The first-order valence-electron chi connectivity index (χ1n) is 10.2. The first-order valence-corrected chi connectivity index (χ1v) is 12.0. The van der Waals surface area contributed by atoms with Crippen molar-refractivity contribution < 1.29 is 14.3 Å². The number of hydrogen-bond donors (Lipinski definition) is 2. The number of pyridine rings is 1. The Morgan fingerprint density at radius 3 is 2.68 bits per heavy atom. The molecule has 2 aromatic rings. The standard InChI is InChI=1S/C22H27ClN4O3S/c1-31-13-8-19(26-21(28)17-4-2-3-5-18(17)23)22(29)25-15-16-6-7-20(24-14-16)27-9-11-30-12-10-27/h2-7,14,19H,8-13,15H2,1H3,(H,25,29)(H,26,28). The first kappa shape index (κ1) is 23.4. The Balaban J connectivity index is 1.57. The van der Waals surface area contributed by atoms with Gasteiger partial charge in [-0.2, -0.15) is 11.8 Å².